The van der Waals surface area contributed by atoms with E-state index in [0.29, 0.717) is 5.04 Å². The molecule has 5 heteroatoms. The van der Waals surface area contributed by atoms with Gasteiger partial charge in [0.25, 0.3) is 0 Å². The third-order valence-electron chi connectivity index (χ3n) is 2.77. The van der Waals surface area contributed by atoms with Crippen LogP contribution >= 0.6 is 11.8 Å². The summed E-state index contributed by atoms with van der Waals surface area (Å²) >= 11 is 1.37. The SMILES string of the molecule is Fc1ccc(F)c(C2=NNC(c3ccccc3)S2)c1. The molecule has 1 heterocycles. The van der Waals surface area contributed by atoms with E-state index in [1.165, 1.54) is 11.8 Å². The van der Waals surface area contributed by atoms with Crippen molar-refractivity contribution < 1.29 is 8.78 Å². The highest BCUT2D eigenvalue weighted by Gasteiger charge is 2.24. The second-order valence-corrected chi connectivity index (χ2v) is 5.17. The Morgan fingerprint density at radius 2 is 1.84 bits per heavy atom. The van der Waals surface area contributed by atoms with E-state index in [-0.39, 0.29) is 10.9 Å². The van der Waals surface area contributed by atoms with Crippen molar-refractivity contribution in [3.8, 4) is 0 Å². The Kier molecular flexibility index (Phi) is 3.21. The molecule has 1 atom stereocenters. The molecule has 96 valence electrons. The van der Waals surface area contributed by atoms with E-state index in [2.05, 4.69) is 10.5 Å². The number of thioether (sulfide) groups is 1. The first kappa shape index (κ1) is 12.2. The smallest absolute Gasteiger partial charge is 0.133 e. The fraction of sp³-hybridized carbons (Fsp3) is 0.0714. The van der Waals surface area contributed by atoms with Crippen molar-refractivity contribution in [3.05, 3.63) is 71.3 Å². The molecule has 0 fully saturated rings. The lowest BCUT2D eigenvalue weighted by Gasteiger charge is -2.08. The lowest BCUT2D eigenvalue weighted by molar-refractivity contribution is 0.598. The van der Waals surface area contributed by atoms with Gasteiger partial charge in [0.2, 0.25) is 0 Å². The van der Waals surface area contributed by atoms with Crippen LogP contribution in [-0.2, 0) is 0 Å². The van der Waals surface area contributed by atoms with Gasteiger partial charge < -0.3 is 0 Å². The van der Waals surface area contributed by atoms with Crippen molar-refractivity contribution in [1.82, 2.24) is 5.43 Å². The summed E-state index contributed by atoms with van der Waals surface area (Å²) in [6.07, 6.45) is 0. The largest absolute Gasteiger partial charge is 0.291 e. The van der Waals surface area contributed by atoms with Gasteiger partial charge in [-0.2, -0.15) is 5.10 Å². The molecule has 0 amide bonds. The third-order valence-corrected chi connectivity index (χ3v) is 3.92. The number of halogens is 2. The number of hydrazone groups is 1. The normalized spacial score (nSPS) is 18.0. The fourth-order valence-electron chi connectivity index (χ4n) is 1.84. The van der Waals surface area contributed by atoms with Gasteiger partial charge >= 0.3 is 0 Å². The lowest BCUT2D eigenvalue weighted by Crippen LogP contribution is -2.05. The zero-order chi connectivity index (χ0) is 13.2. The minimum atomic E-state index is -0.470. The Morgan fingerprint density at radius 3 is 2.63 bits per heavy atom. The van der Waals surface area contributed by atoms with Crippen molar-refractivity contribution in [1.29, 1.82) is 0 Å². The molecule has 0 bridgehead atoms. The molecule has 1 aliphatic heterocycles. The van der Waals surface area contributed by atoms with E-state index in [1.807, 2.05) is 30.3 Å². The number of nitrogens with zero attached hydrogens (tertiary/aromatic N) is 1. The highest BCUT2D eigenvalue weighted by molar-refractivity contribution is 8.14. The van der Waals surface area contributed by atoms with E-state index in [4.69, 9.17) is 0 Å². The summed E-state index contributed by atoms with van der Waals surface area (Å²) in [5.41, 5.74) is 4.17. The van der Waals surface area contributed by atoms with Crippen LogP contribution in [-0.4, -0.2) is 5.04 Å². The van der Waals surface area contributed by atoms with Crippen LogP contribution in [0.3, 0.4) is 0 Å². The van der Waals surface area contributed by atoms with Crippen LogP contribution in [0.1, 0.15) is 16.5 Å². The Balaban J connectivity index is 1.84. The Morgan fingerprint density at radius 1 is 1.05 bits per heavy atom. The molecular formula is C14H10F2N2S. The molecule has 0 spiro atoms. The number of rotatable bonds is 2. The zero-order valence-electron chi connectivity index (χ0n) is 9.81. The summed E-state index contributed by atoms with van der Waals surface area (Å²) in [5, 5.41) is 4.48. The van der Waals surface area contributed by atoms with Gasteiger partial charge in [-0.25, -0.2) is 8.78 Å². The van der Waals surface area contributed by atoms with Crippen LogP contribution in [0.2, 0.25) is 0 Å². The first-order valence-corrected chi connectivity index (χ1v) is 6.62. The molecule has 1 aliphatic rings. The molecule has 0 radical (unpaired) electrons. The minimum absolute atomic E-state index is 0.0705. The van der Waals surface area contributed by atoms with Crippen LogP contribution in [0, 0.1) is 11.6 Å². The molecule has 2 nitrogen and oxygen atoms in total. The molecule has 0 aromatic heterocycles. The molecule has 0 saturated carbocycles. The summed E-state index contributed by atoms with van der Waals surface area (Å²) in [4.78, 5) is 0. The summed E-state index contributed by atoms with van der Waals surface area (Å²) in [6.45, 7) is 0. The summed E-state index contributed by atoms with van der Waals surface area (Å²) in [5.74, 6) is -0.939. The van der Waals surface area contributed by atoms with Crippen molar-refractivity contribution in [3.63, 3.8) is 0 Å². The highest BCUT2D eigenvalue weighted by Crippen LogP contribution is 2.34. The topological polar surface area (TPSA) is 24.4 Å². The van der Waals surface area contributed by atoms with Crippen LogP contribution in [0.15, 0.2) is 53.6 Å². The quantitative estimate of drug-likeness (QED) is 0.905. The molecule has 1 unspecified atom stereocenters. The molecule has 19 heavy (non-hydrogen) atoms. The van der Waals surface area contributed by atoms with Crippen LogP contribution < -0.4 is 5.43 Å². The van der Waals surface area contributed by atoms with Gasteiger partial charge in [-0.05, 0) is 23.8 Å². The van der Waals surface area contributed by atoms with E-state index < -0.39 is 11.6 Å². The van der Waals surface area contributed by atoms with Crippen molar-refractivity contribution in [2.75, 3.05) is 0 Å². The summed E-state index contributed by atoms with van der Waals surface area (Å²) in [6, 6.07) is 13.1. The van der Waals surface area contributed by atoms with Crippen LogP contribution in [0.25, 0.3) is 0 Å². The lowest BCUT2D eigenvalue weighted by atomic mass is 10.2. The molecular weight excluding hydrogens is 266 g/mol. The van der Waals surface area contributed by atoms with Gasteiger partial charge in [0.1, 0.15) is 22.1 Å². The van der Waals surface area contributed by atoms with Crippen molar-refractivity contribution >= 4 is 16.8 Å². The van der Waals surface area contributed by atoms with Gasteiger partial charge in [0.15, 0.2) is 0 Å². The van der Waals surface area contributed by atoms with E-state index in [1.54, 1.807) is 0 Å². The maximum Gasteiger partial charge on any atom is 0.133 e. The predicted molar refractivity (Wildman–Crippen MR) is 72.8 cm³/mol. The highest BCUT2D eigenvalue weighted by atomic mass is 32.2. The summed E-state index contributed by atoms with van der Waals surface area (Å²) < 4.78 is 26.8. The van der Waals surface area contributed by atoms with Crippen molar-refractivity contribution in [2.24, 2.45) is 5.10 Å². The van der Waals surface area contributed by atoms with Crippen LogP contribution in [0.5, 0.6) is 0 Å². The monoisotopic (exact) mass is 276 g/mol. The second-order valence-electron chi connectivity index (χ2n) is 4.08. The van der Waals surface area contributed by atoms with Gasteiger partial charge in [0.05, 0.1) is 0 Å². The maximum absolute atomic E-state index is 13.7. The van der Waals surface area contributed by atoms with E-state index in [0.717, 1.165) is 23.8 Å². The minimum Gasteiger partial charge on any atom is -0.291 e. The predicted octanol–water partition coefficient (Wildman–Crippen LogP) is 3.66. The average Bonchev–Trinajstić information content (AvgIpc) is 2.92. The van der Waals surface area contributed by atoms with E-state index >= 15 is 0 Å². The molecule has 1 N–H and O–H groups in total. The zero-order valence-corrected chi connectivity index (χ0v) is 10.6. The third kappa shape index (κ3) is 2.46. The number of hydrogen-bond acceptors (Lipinski definition) is 3. The first-order chi connectivity index (χ1) is 9.24. The average molecular weight is 276 g/mol. The number of nitrogens with one attached hydrogen (secondary N) is 1. The van der Waals surface area contributed by atoms with Gasteiger partial charge in [-0.15, -0.1) is 0 Å². The van der Waals surface area contributed by atoms with Gasteiger partial charge in [0, 0.05) is 5.56 Å². The van der Waals surface area contributed by atoms with Gasteiger partial charge in [-0.1, -0.05) is 42.1 Å². The molecule has 2 aromatic rings. The second kappa shape index (κ2) is 5.01. The Labute approximate surface area is 113 Å². The Bertz CT molecular complexity index is 629. The Hall–Kier alpha value is -1.88. The standard InChI is InChI=1S/C14H10F2N2S/c15-10-6-7-12(16)11(8-10)14-18-17-13(19-14)9-4-2-1-3-5-9/h1-8,13,17H. The van der Waals surface area contributed by atoms with E-state index in [9.17, 15) is 8.78 Å². The molecule has 2 aromatic carbocycles. The molecule has 3 rings (SSSR count). The van der Waals surface area contributed by atoms with Gasteiger partial charge in [-0.3, -0.25) is 5.43 Å². The maximum atomic E-state index is 13.7. The first-order valence-electron chi connectivity index (χ1n) is 5.74. The van der Waals surface area contributed by atoms with Crippen LogP contribution in [0.4, 0.5) is 8.78 Å². The number of hydrogen-bond donors (Lipinski definition) is 1. The fourth-order valence-corrected chi connectivity index (χ4v) is 2.85. The molecule has 0 aliphatic carbocycles. The molecule has 0 saturated heterocycles. The summed E-state index contributed by atoms with van der Waals surface area (Å²) in [7, 11) is 0. The van der Waals surface area contributed by atoms with Crippen molar-refractivity contribution in [2.45, 2.75) is 5.37 Å². The number of benzene rings is 2.